The second-order valence-corrected chi connectivity index (χ2v) is 7.17. The van der Waals surface area contributed by atoms with Crippen LogP contribution >= 0.6 is 27.7 Å². The summed E-state index contributed by atoms with van der Waals surface area (Å²) in [6, 6.07) is 6.15. The van der Waals surface area contributed by atoms with Crippen LogP contribution < -0.4 is 5.32 Å². The number of ether oxygens (including phenoxy) is 1. The van der Waals surface area contributed by atoms with Crippen molar-refractivity contribution in [2.75, 3.05) is 5.75 Å². The minimum Gasteiger partial charge on any atom is -0.444 e. The Hall–Kier alpha value is -0.680. The molecule has 1 aromatic carbocycles. The molecule has 1 aliphatic rings. The zero-order valence-electron chi connectivity index (χ0n) is 10.6. The number of halogens is 1. The zero-order chi connectivity index (χ0) is 13.3. The standard InChI is InChI=1S/C13H16BrNO2S/c1-13(2,3)17-12(16)15-10-7-18-11-6-8(14)4-5-9(10)11/h4-6,10H,7H2,1-3H3,(H,15,16). The van der Waals surface area contributed by atoms with Gasteiger partial charge in [-0.2, -0.15) is 0 Å². The van der Waals surface area contributed by atoms with Crippen molar-refractivity contribution in [1.29, 1.82) is 0 Å². The second kappa shape index (κ2) is 5.13. The summed E-state index contributed by atoms with van der Waals surface area (Å²) in [5.41, 5.74) is 0.701. The van der Waals surface area contributed by atoms with E-state index in [9.17, 15) is 4.79 Å². The van der Waals surface area contributed by atoms with E-state index in [-0.39, 0.29) is 12.1 Å². The zero-order valence-corrected chi connectivity index (χ0v) is 13.0. The number of carbonyl (C=O) groups excluding carboxylic acids is 1. The van der Waals surface area contributed by atoms with Gasteiger partial charge in [0.2, 0.25) is 0 Å². The Morgan fingerprint density at radius 3 is 2.89 bits per heavy atom. The van der Waals surface area contributed by atoms with Crippen LogP contribution in [0.15, 0.2) is 27.6 Å². The fourth-order valence-corrected chi connectivity index (χ4v) is 3.46. The normalized spacial score (nSPS) is 18.3. The van der Waals surface area contributed by atoms with Gasteiger partial charge in [-0.1, -0.05) is 22.0 Å². The largest absolute Gasteiger partial charge is 0.444 e. The molecular weight excluding hydrogens is 314 g/mol. The number of amides is 1. The van der Waals surface area contributed by atoms with Crippen molar-refractivity contribution in [1.82, 2.24) is 5.32 Å². The van der Waals surface area contributed by atoms with Crippen molar-refractivity contribution < 1.29 is 9.53 Å². The molecule has 0 bridgehead atoms. The molecule has 0 saturated carbocycles. The molecule has 1 heterocycles. The van der Waals surface area contributed by atoms with Crippen molar-refractivity contribution in [3.8, 4) is 0 Å². The molecule has 1 unspecified atom stereocenters. The third-order valence-corrected chi connectivity index (χ3v) is 4.11. The highest BCUT2D eigenvalue weighted by Crippen LogP contribution is 2.39. The number of benzene rings is 1. The molecule has 18 heavy (non-hydrogen) atoms. The van der Waals surface area contributed by atoms with E-state index in [1.165, 1.54) is 4.90 Å². The van der Waals surface area contributed by atoms with Gasteiger partial charge in [0, 0.05) is 15.1 Å². The summed E-state index contributed by atoms with van der Waals surface area (Å²) in [5, 5.41) is 2.91. The Balaban J connectivity index is 2.04. The van der Waals surface area contributed by atoms with E-state index >= 15 is 0 Å². The van der Waals surface area contributed by atoms with Gasteiger partial charge in [-0.15, -0.1) is 11.8 Å². The maximum Gasteiger partial charge on any atom is 0.408 e. The second-order valence-electron chi connectivity index (χ2n) is 5.19. The minimum atomic E-state index is -0.460. The van der Waals surface area contributed by atoms with Crippen LogP contribution in [0.2, 0.25) is 0 Å². The fraction of sp³-hybridized carbons (Fsp3) is 0.462. The smallest absolute Gasteiger partial charge is 0.408 e. The summed E-state index contributed by atoms with van der Waals surface area (Å²) in [5.74, 6) is 0.852. The maximum absolute atomic E-state index is 11.7. The first-order chi connectivity index (χ1) is 8.35. The van der Waals surface area contributed by atoms with Crippen LogP contribution in [0.25, 0.3) is 0 Å². The average molecular weight is 330 g/mol. The molecular formula is C13H16BrNO2S. The number of alkyl carbamates (subject to hydrolysis) is 1. The van der Waals surface area contributed by atoms with E-state index in [0.29, 0.717) is 0 Å². The topological polar surface area (TPSA) is 38.3 Å². The van der Waals surface area contributed by atoms with E-state index < -0.39 is 5.60 Å². The van der Waals surface area contributed by atoms with Gasteiger partial charge < -0.3 is 10.1 Å². The van der Waals surface area contributed by atoms with Crippen LogP contribution in [0.5, 0.6) is 0 Å². The van der Waals surface area contributed by atoms with Gasteiger partial charge >= 0.3 is 6.09 Å². The van der Waals surface area contributed by atoms with Crippen LogP contribution in [0.4, 0.5) is 4.79 Å². The number of carbonyl (C=O) groups is 1. The molecule has 0 fully saturated rings. The predicted octanol–water partition coefficient (Wildman–Crippen LogP) is 4.12. The number of fused-ring (bicyclic) bond motifs is 1. The first-order valence-electron chi connectivity index (χ1n) is 5.77. The van der Waals surface area contributed by atoms with E-state index in [4.69, 9.17) is 4.74 Å². The van der Waals surface area contributed by atoms with Crippen LogP contribution in [0.1, 0.15) is 32.4 Å². The molecule has 0 spiro atoms. The Morgan fingerprint density at radius 2 is 2.22 bits per heavy atom. The highest BCUT2D eigenvalue weighted by Gasteiger charge is 2.26. The van der Waals surface area contributed by atoms with Gasteiger partial charge in [0.15, 0.2) is 0 Å². The lowest BCUT2D eigenvalue weighted by Crippen LogP contribution is -2.35. The molecule has 98 valence electrons. The Bertz CT molecular complexity index is 471. The van der Waals surface area contributed by atoms with Crippen molar-refractivity contribution in [3.63, 3.8) is 0 Å². The van der Waals surface area contributed by atoms with Gasteiger partial charge in [0.25, 0.3) is 0 Å². The molecule has 1 N–H and O–H groups in total. The first-order valence-corrected chi connectivity index (χ1v) is 7.55. The molecule has 0 aliphatic carbocycles. The fourth-order valence-electron chi connectivity index (χ4n) is 1.75. The average Bonchev–Trinajstić information content (AvgIpc) is 2.57. The van der Waals surface area contributed by atoms with E-state index in [0.717, 1.165) is 15.8 Å². The van der Waals surface area contributed by atoms with Crippen LogP contribution in [-0.2, 0) is 4.74 Å². The quantitative estimate of drug-likeness (QED) is 0.842. The third-order valence-electron chi connectivity index (χ3n) is 2.45. The lowest BCUT2D eigenvalue weighted by Gasteiger charge is -2.21. The molecule has 3 nitrogen and oxygen atoms in total. The van der Waals surface area contributed by atoms with Crippen molar-refractivity contribution >= 4 is 33.8 Å². The van der Waals surface area contributed by atoms with Gasteiger partial charge in [0.05, 0.1) is 6.04 Å². The number of hydrogen-bond acceptors (Lipinski definition) is 3. The van der Waals surface area contributed by atoms with Crippen molar-refractivity contribution in [2.24, 2.45) is 0 Å². The predicted molar refractivity (Wildman–Crippen MR) is 77.0 cm³/mol. The molecule has 1 atom stereocenters. The molecule has 1 aromatic rings. The van der Waals surface area contributed by atoms with Gasteiger partial charge in [-0.05, 0) is 38.5 Å². The van der Waals surface area contributed by atoms with Crippen LogP contribution in [0.3, 0.4) is 0 Å². The third kappa shape index (κ3) is 3.42. The maximum atomic E-state index is 11.7. The summed E-state index contributed by atoms with van der Waals surface area (Å²) in [4.78, 5) is 13.0. The Kier molecular flexibility index (Phi) is 3.92. The molecule has 0 aromatic heterocycles. The van der Waals surface area contributed by atoms with Crippen molar-refractivity contribution in [2.45, 2.75) is 37.3 Å². The summed E-state index contributed by atoms with van der Waals surface area (Å²) in [7, 11) is 0. The molecule has 1 aliphatic heterocycles. The molecule has 1 amide bonds. The molecule has 2 rings (SSSR count). The first kappa shape index (κ1) is 13.7. The summed E-state index contributed by atoms with van der Waals surface area (Å²) >= 11 is 5.20. The molecule has 5 heteroatoms. The monoisotopic (exact) mass is 329 g/mol. The number of rotatable bonds is 1. The molecule has 0 saturated heterocycles. The summed E-state index contributed by atoms with van der Waals surface area (Å²) in [6.07, 6.45) is -0.358. The molecule has 0 radical (unpaired) electrons. The summed E-state index contributed by atoms with van der Waals surface area (Å²) < 4.78 is 6.33. The number of hydrogen-bond donors (Lipinski definition) is 1. The number of thioether (sulfide) groups is 1. The van der Waals surface area contributed by atoms with Crippen molar-refractivity contribution in [3.05, 3.63) is 28.2 Å². The van der Waals surface area contributed by atoms with Crippen LogP contribution in [0, 0.1) is 0 Å². The lowest BCUT2D eigenvalue weighted by atomic mass is 10.1. The van der Waals surface area contributed by atoms with Crippen LogP contribution in [-0.4, -0.2) is 17.4 Å². The Labute approximate surface area is 120 Å². The minimum absolute atomic E-state index is 0.0351. The van der Waals surface area contributed by atoms with Gasteiger partial charge in [-0.3, -0.25) is 0 Å². The van der Waals surface area contributed by atoms with E-state index in [1.807, 2.05) is 32.9 Å². The number of nitrogens with one attached hydrogen (secondary N) is 1. The highest BCUT2D eigenvalue weighted by molar-refractivity contribution is 9.10. The lowest BCUT2D eigenvalue weighted by molar-refractivity contribution is 0.0509. The van der Waals surface area contributed by atoms with Gasteiger partial charge in [0.1, 0.15) is 5.60 Å². The summed E-state index contributed by atoms with van der Waals surface area (Å²) in [6.45, 7) is 5.59. The van der Waals surface area contributed by atoms with Gasteiger partial charge in [-0.25, -0.2) is 4.79 Å². The highest BCUT2D eigenvalue weighted by atomic mass is 79.9. The Morgan fingerprint density at radius 1 is 1.50 bits per heavy atom. The van der Waals surface area contributed by atoms with E-state index in [1.54, 1.807) is 11.8 Å². The SMILES string of the molecule is CC(C)(C)OC(=O)NC1CSc2cc(Br)ccc21. The van der Waals surface area contributed by atoms with E-state index in [2.05, 4.69) is 27.3 Å².